The number of hydrogen-bond donors (Lipinski definition) is 0. The molecule has 0 amide bonds. The third kappa shape index (κ3) is 3.69. The zero-order valence-electron chi connectivity index (χ0n) is 16.1. The number of fused-ring (bicyclic) bond motifs is 1. The van der Waals surface area contributed by atoms with Crippen molar-refractivity contribution in [3.8, 4) is 0 Å². The Labute approximate surface area is 160 Å². The predicted molar refractivity (Wildman–Crippen MR) is 104 cm³/mol. The van der Waals surface area contributed by atoms with Crippen LogP contribution in [-0.2, 0) is 19.3 Å². The molecule has 0 radical (unpaired) electrons. The van der Waals surface area contributed by atoms with Crippen LogP contribution in [0.15, 0.2) is 25.2 Å². The highest BCUT2D eigenvalue weighted by molar-refractivity contribution is 7.98. The summed E-state index contributed by atoms with van der Waals surface area (Å²) in [6.07, 6.45) is 0.759. The lowest BCUT2D eigenvalue weighted by atomic mass is 10.2. The van der Waals surface area contributed by atoms with Crippen molar-refractivity contribution in [3.05, 3.63) is 44.2 Å². The van der Waals surface area contributed by atoms with Gasteiger partial charge in [-0.25, -0.2) is 14.8 Å². The van der Waals surface area contributed by atoms with Crippen LogP contribution in [-0.4, -0.2) is 24.3 Å². The highest BCUT2D eigenvalue weighted by atomic mass is 32.2. The Bertz CT molecular complexity index is 1100. The van der Waals surface area contributed by atoms with Crippen molar-refractivity contribution < 1.29 is 4.52 Å². The van der Waals surface area contributed by atoms with E-state index in [1.54, 1.807) is 4.57 Å². The lowest BCUT2D eigenvalue weighted by molar-refractivity contribution is 0.393. The number of rotatable bonds is 6. The Hall–Kier alpha value is -2.42. The van der Waals surface area contributed by atoms with Gasteiger partial charge in [0.15, 0.2) is 5.65 Å². The van der Waals surface area contributed by atoms with Gasteiger partial charge in [-0.3, -0.25) is 13.9 Å². The second-order valence-electron chi connectivity index (χ2n) is 6.76. The van der Waals surface area contributed by atoms with E-state index >= 15 is 0 Å². The van der Waals surface area contributed by atoms with Crippen LogP contribution < -0.4 is 11.2 Å². The summed E-state index contributed by atoms with van der Waals surface area (Å²) in [6, 6.07) is 1.85. The predicted octanol–water partition coefficient (Wildman–Crippen LogP) is 2.61. The smallest absolute Gasteiger partial charge is 0.332 e. The summed E-state index contributed by atoms with van der Waals surface area (Å²) in [6.45, 7) is 8.28. The van der Waals surface area contributed by atoms with Crippen LogP contribution in [0, 0.1) is 6.92 Å². The first-order valence-corrected chi connectivity index (χ1v) is 9.88. The summed E-state index contributed by atoms with van der Waals surface area (Å²) < 4.78 is 7.79. The van der Waals surface area contributed by atoms with Gasteiger partial charge in [0.05, 0.1) is 5.69 Å². The van der Waals surface area contributed by atoms with E-state index < -0.39 is 0 Å². The maximum atomic E-state index is 12.8. The van der Waals surface area contributed by atoms with Crippen molar-refractivity contribution >= 4 is 22.8 Å². The van der Waals surface area contributed by atoms with Crippen LogP contribution in [0.4, 0.5) is 0 Å². The number of hydrogen-bond acceptors (Lipinski definition) is 7. The molecule has 0 spiro atoms. The maximum absolute atomic E-state index is 12.8. The molecular formula is C18H23N5O3S. The number of nitrogens with zero attached hydrogens (tertiary/aromatic N) is 5. The van der Waals surface area contributed by atoms with E-state index in [1.807, 2.05) is 33.8 Å². The Morgan fingerprint density at radius 3 is 2.59 bits per heavy atom. The van der Waals surface area contributed by atoms with Crippen LogP contribution in [0.3, 0.4) is 0 Å². The number of aromatic nitrogens is 5. The lowest BCUT2D eigenvalue weighted by Crippen LogP contribution is -2.39. The van der Waals surface area contributed by atoms with Gasteiger partial charge in [0, 0.05) is 31.3 Å². The summed E-state index contributed by atoms with van der Waals surface area (Å²) in [5.41, 5.74) is 0.443. The van der Waals surface area contributed by atoms with Crippen LogP contribution in [0.5, 0.6) is 0 Å². The van der Waals surface area contributed by atoms with Crippen molar-refractivity contribution in [2.75, 3.05) is 0 Å². The monoisotopic (exact) mass is 389 g/mol. The highest BCUT2D eigenvalue weighted by Gasteiger charge is 2.20. The zero-order valence-corrected chi connectivity index (χ0v) is 17.0. The minimum absolute atomic E-state index is 0.0669. The van der Waals surface area contributed by atoms with Gasteiger partial charge in [0.25, 0.3) is 5.56 Å². The molecule has 0 fully saturated rings. The average Bonchev–Trinajstić information content (AvgIpc) is 3.06. The van der Waals surface area contributed by atoms with Gasteiger partial charge in [-0.1, -0.05) is 37.7 Å². The molecule has 0 aliphatic carbocycles. The van der Waals surface area contributed by atoms with Crippen LogP contribution >= 0.6 is 11.8 Å². The quantitative estimate of drug-likeness (QED) is 0.472. The molecule has 0 atom stereocenters. The van der Waals surface area contributed by atoms with Gasteiger partial charge in [-0.2, -0.15) is 0 Å². The summed E-state index contributed by atoms with van der Waals surface area (Å²) in [7, 11) is 1.49. The van der Waals surface area contributed by atoms with E-state index in [2.05, 4.69) is 15.1 Å². The van der Waals surface area contributed by atoms with Gasteiger partial charge in [0.1, 0.15) is 22.0 Å². The molecule has 0 unspecified atom stereocenters. The molecule has 0 N–H and O–H groups in total. The Morgan fingerprint density at radius 2 is 2.00 bits per heavy atom. The standard InChI is InChI=1S/C18H23N5O3S/c1-6-7-23-15-13(17(24)22(5)18(23)25)16(20-14(19-15)10(2)3)27-9-12-8-11(4)26-21-12/h8,10H,6-7,9H2,1-5H3. The summed E-state index contributed by atoms with van der Waals surface area (Å²) in [5.74, 6) is 1.92. The van der Waals surface area contributed by atoms with E-state index in [0.29, 0.717) is 34.2 Å². The second kappa shape index (κ2) is 7.67. The minimum Gasteiger partial charge on any atom is -0.361 e. The molecule has 8 nitrogen and oxygen atoms in total. The number of thioether (sulfide) groups is 1. The van der Waals surface area contributed by atoms with Crippen molar-refractivity contribution in [2.45, 2.75) is 57.4 Å². The molecule has 0 aromatic carbocycles. The van der Waals surface area contributed by atoms with E-state index in [-0.39, 0.29) is 17.2 Å². The average molecular weight is 389 g/mol. The molecule has 0 saturated heterocycles. The van der Waals surface area contributed by atoms with Crippen LogP contribution in [0.2, 0.25) is 0 Å². The van der Waals surface area contributed by atoms with E-state index in [4.69, 9.17) is 4.52 Å². The largest absolute Gasteiger partial charge is 0.361 e. The highest BCUT2D eigenvalue weighted by Crippen LogP contribution is 2.27. The summed E-state index contributed by atoms with van der Waals surface area (Å²) >= 11 is 1.40. The third-order valence-electron chi connectivity index (χ3n) is 4.16. The lowest BCUT2D eigenvalue weighted by Gasteiger charge is -2.14. The number of aryl methyl sites for hydroxylation is 2. The summed E-state index contributed by atoms with van der Waals surface area (Å²) in [4.78, 5) is 34.6. The van der Waals surface area contributed by atoms with Crippen LogP contribution in [0.25, 0.3) is 11.0 Å². The van der Waals surface area contributed by atoms with Gasteiger partial charge in [-0.15, -0.1) is 0 Å². The van der Waals surface area contributed by atoms with Crippen molar-refractivity contribution in [3.63, 3.8) is 0 Å². The molecular weight excluding hydrogens is 366 g/mol. The molecule has 0 aliphatic rings. The van der Waals surface area contributed by atoms with Crippen LogP contribution in [0.1, 0.15) is 50.4 Å². The fraction of sp³-hybridized carbons (Fsp3) is 0.500. The molecule has 0 saturated carbocycles. The van der Waals surface area contributed by atoms with E-state index in [0.717, 1.165) is 22.4 Å². The second-order valence-corrected chi connectivity index (χ2v) is 7.72. The molecule has 3 rings (SSSR count). The first-order chi connectivity index (χ1) is 12.8. The Morgan fingerprint density at radius 1 is 1.26 bits per heavy atom. The maximum Gasteiger partial charge on any atom is 0.332 e. The summed E-state index contributed by atoms with van der Waals surface area (Å²) in [5, 5.41) is 4.93. The van der Waals surface area contributed by atoms with E-state index in [1.165, 1.54) is 18.8 Å². The van der Waals surface area contributed by atoms with Gasteiger partial charge < -0.3 is 4.52 Å². The zero-order chi connectivity index (χ0) is 19.7. The van der Waals surface area contributed by atoms with Gasteiger partial charge in [0.2, 0.25) is 0 Å². The third-order valence-corrected chi connectivity index (χ3v) is 5.17. The molecule has 27 heavy (non-hydrogen) atoms. The molecule has 9 heteroatoms. The fourth-order valence-corrected chi connectivity index (χ4v) is 3.67. The molecule has 3 heterocycles. The molecule has 0 aliphatic heterocycles. The fourth-order valence-electron chi connectivity index (χ4n) is 2.77. The molecule has 144 valence electrons. The Kier molecular flexibility index (Phi) is 5.50. The van der Waals surface area contributed by atoms with Crippen molar-refractivity contribution in [1.82, 2.24) is 24.3 Å². The molecule has 3 aromatic rings. The molecule has 0 bridgehead atoms. The van der Waals surface area contributed by atoms with Crippen molar-refractivity contribution in [2.24, 2.45) is 7.05 Å². The van der Waals surface area contributed by atoms with Crippen molar-refractivity contribution in [1.29, 1.82) is 0 Å². The molecule has 3 aromatic heterocycles. The first kappa shape index (κ1) is 19.3. The SMILES string of the molecule is CCCn1c(=O)n(C)c(=O)c2c(SCc3cc(C)on3)nc(C(C)C)nc21. The normalized spacial score (nSPS) is 11.6. The van der Waals surface area contributed by atoms with Gasteiger partial charge >= 0.3 is 5.69 Å². The van der Waals surface area contributed by atoms with E-state index in [9.17, 15) is 9.59 Å². The van der Waals surface area contributed by atoms with Gasteiger partial charge in [-0.05, 0) is 13.3 Å². The topological polar surface area (TPSA) is 95.8 Å². The Balaban J connectivity index is 2.23. The first-order valence-electron chi connectivity index (χ1n) is 8.90. The minimum atomic E-state index is -0.378.